The van der Waals surface area contributed by atoms with Crippen LogP contribution in [-0.2, 0) is 9.59 Å². The number of nitrogens with one attached hydrogen (secondary N) is 1. The van der Waals surface area contributed by atoms with E-state index in [1.807, 2.05) is 47.2 Å². The van der Waals surface area contributed by atoms with Crippen molar-refractivity contribution in [2.24, 2.45) is 0 Å². The highest BCUT2D eigenvalue weighted by molar-refractivity contribution is 5.87. The van der Waals surface area contributed by atoms with E-state index in [9.17, 15) is 9.59 Å². The van der Waals surface area contributed by atoms with E-state index in [1.165, 1.54) is 7.05 Å². The molecule has 1 atom stereocenters. The monoisotopic (exact) mass is 373 g/mol. The predicted molar refractivity (Wildman–Crippen MR) is 105 cm³/mol. The number of amides is 1. The van der Waals surface area contributed by atoms with Gasteiger partial charge in [-0.05, 0) is 47.0 Å². The van der Waals surface area contributed by atoms with Gasteiger partial charge in [-0.1, -0.05) is 24.3 Å². The fourth-order valence-corrected chi connectivity index (χ4v) is 3.05. The molecule has 0 aliphatic carbocycles. The topological polar surface area (TPSA) is 95.1 Å². The summed E-state index contributed by atoms with van der Waals surface area (Å²) in [6.45, 7) is 0. The second-order valence-electron chi connectivity index (χ2n) is 6.35. The Morgan fingerprint density at radius 3 is 2.21 bits per heavy atom. The number of rotatable bonds is 6. The second kappa shape index (κ2) is 8.23. The fourth-order valence-electron chi connectivity index (χ4n) is 3.05. The molecule has 0 aliphatic heterocycles. The first kappa shape index (κ1) is 18.9. The van der Waals surface area contributed by atoms with Crippen LogP contribution in [0.1, 0.15) is 23.5 Å². The Labute approximate surface area is 162 Å². The third-order valence-corrected chi connectivity index (χ3v) is 4.57. The van der Waals surface area contributed by atoms with Crippen molar-refractivity contribution in [1.29, 1.82) is 5.26 Å². The van der Waals surface area contributed by atoms with E-state index in [4.69, 9.17) is 10.4 Å². The van der Waals surface area contributed by atoms with Gasteiger partial charge in [0.1, 0.15) is 0 Å². The van der Waals surface area contributed by atoms with Gasteiger partial charge in [-0.25, -0.2) is 0 Å². The number of carbonyl (C=O) groups is 2. The number of nitriles is 1. The molecule has 2 N–H and O–H groups in total. The van der Waals surface area contributed by atoms with Gasteiger partial charge < -0.3 is 15.0 Å². The minimum atomic E-state index is -1.02. The standard InChI is InChI=1S/C22H19N3O3/c1-24-22(28)20(12-21(26)27)18-10-11-25(14-18)19-8-6-17(7-9-19)16-4-2-15(13-23)3-5-16/h2-11,14,20H,12H2,1H3,(H,24,28)(H,26,27). The molecule has 3 rings (SSSR count). The Balaban J connectivity index is 1.83. The van der Waals surface area contributed by atoms with Gasteiger partial charge in [0.2, 0.25) is 5.91 Å². The van der Waals surface area contributed by atoms with Gasteiger partial charge in [-0.3, -0.25) is 9.59 Å². The van der Waals surface area contributed by atoms with E-state index in [-0.39, 0.29) is 12.3 Å². The third kappa shape index (κ3) is 4.10. The third-order valence-electron chi connectivity index (χ3n) is 4.57. The Bertz CT molecular complexity index is 1030. The molecule has 1 aromatic heterocycles. The number of nitrogens with zero attached hydrogens (tertiary/aromatic N) is 2. The summed E-state index contributed by atoms with van der Waals surface area (Å²) in [7, 11) is 1.50. The largest absolute Gasteiger partial charge is 0.481 e. The molecule has 0 fully saturated rings. The van der Waals surface area contributed by atoms with E-state index in [2.05, 4.69) is 11.4 Å². The maximum atomic E-state index is 12.0. The minimum absolute atomic E-state index is 0.263. The zero-order chi connectivity index (χ0) is 20.1. The first-order chi connectivity index (χ1) is 13.5. The molecule has 0 bridgehead atoms. The van der Waals surface area contributed by atoms with Gasteiger partial charge >= 0.3 is 5.97 Å². The van der Waals surface area contributed by atoms with Crippen molar-refractivity contribution in [3.05, 3.63) is 78.1 Å². The molecule has 1 unspecified atom stereocenters. The number of carboxylic acid groups (broad SMARTS) is 1. The molecule has 0 saturated carbocycles. The van der Waals surface area contributed by atoms with E-state index in [0.717, 1.165) is 16.8 Å². The van der Waals surface area contributed by atoms with Gasteiger partial charge in [0.15, 0.2) is 0 Å². The Morgan fingerprint density at radius 1 is 1.07 bits per heavy atom. The van der Waals surface area contributed by atoms with Crippen molar-refractivity contribution in [3.8, 4) is 22.9 Å². The normalized spacial score (nSPS) is 11.4. The summed E-state index contributed by atoms with van der Waals surface area (Å²) in [5.41, 5.74) is 4.20. The van der Waals surface area contributed by atoms with Crippen LogP contribution in [0.15, 0.2) is 67.0 Å². The van der Waals surface area contributed by atoms with Crippen molar-refractivity contribution < 1.29 is 14.7 Å². The van der Waals surface area contributed by atoms with Crippen molar-refractivity contribution in [2.75, 3.05) is 7.05 Å². The fraction of sp³-hybridized carbons (Fsp3) is 0.136. The number of carbonyl (C=O) groups excluding carboxylic acids is 1. The predicted octanol–water partition coefficient (Wildman–Crippen LogP) is 3.32. The summed E-state index contributed by atoms with van der Waals surface area (Å²) in [4.78, 5) is 23.1. The van der Waals surface area contributed by atoms with Crippen LogP contribution >= 0.6 is 0 Å². The first-order valence-corrected chi connectivity index (χ1v) is 8.74. The maximum Gasteiger partial charge on any atom is 0.304 e. The smallest absolute Gasteiger partial charge is 0.304 e. The quantitative estimate of drug-likeness (QED) is 0.693. The van der Waals surface area contributed by atoms with Crippen LogP contribution in [0.5, 0.6) is 0 Å². The molecule has 0 saturated heterocycles. The molecule has 0 radical (unpaired) electrons. The van der Waals surface area contributed by atoms with Crippen LogP contribution in [-0.4, -0.2) is 28.6 Å². The molecule has 3 aromatic rings. The average Bonchev–Trinajstić information content (AvgIpc) is 3.21. The van der Waals surface area contributed by atoms with Crippen LogP contribution in [0.2, 0.25) is 0 Å². The summed E-state index contributed by atoms with van der Waals surface area (Å²) in [5, 5.41) is 20.5. The molecule has 0 aliphatic rings. The van der Waals surface area contributed by atoms with Gasteiger partial charge in [0, 0.05) is 25.1 Å². The molecule has 2 aromatic carbocycles. The number of aliphatic carboxylic acids is 1. The molecule has 0 spiro atoms. The number of aromatic nitrogens is 1. The van der Waals surface area contributed by atoms with E-state index < -0.39 is 11.9 Å². The van der Waals surface area contributed by atoms with Gasteiger partial charge in [-0.2, -0.15) is 5.26 Å². The molecule has 6 heteroatoms. The molecular formula is C22H19N3O3. The lowest BCUT2D eigenvalue weighted by atomic mass is 9.97. The zero-order valence-electron chi connectivity index (χ0n) is 15.3. The van der Waals surface area contributed by atoms with Crippen molar-refractivity contribution in [1.82, 2.24) is 9.88 Å². The highest BCUT2D eigenvalue weighted by Crippen LogP contribution is 2.25. The molecular weight excluding hydrogens is 354 g/mol. The minimum Gasteiger partial charge on any atom is -0.481 e. The highest BCUT2D eigenvalue weighted by atomic mass is 16.4. The van der Waals surface area contributed by atoms with E-state index >= 15 is 0 Å². The number of hydrogen-bond acceptors (Lipinski definition) is 3. The van der Waals surface area contributed by atoms with Crippen LogP contribution < -0.4 is 5.32 Å². The number of hydrogen-bond donors (Lipinski definition) is 2. The average molecular weight is 373 g/mol. The Kier molecular flexibility index (Phi) is 5.56. The lowest BCUT2D eigenvalue weighted by Gasteiger charge is -2.11. The Hall–Kier alpha value is -3.85. The lowest BCUT2D eigenvalue weighted by Crippen LogP contribution is -2.27. The number of benzene rings is 2. The maximum absolute atomic E-state index is 12.0. The second-order valence-corrected chi connectivity index (χ2v) is 6.35. The number of carboxylic acids is 1. The molecule has 1 amide bonds. The van der Waals surface area contributed by atoms with Crippen molar-refractivity contribution in [2.45, 2.75) is 12.3 Å². The molecule has 28 heavy (non-hydrogen) atoms. The summed E-state index contributed by atoms with van der Waals surface area (Å²) in [6, 6.07) is 19.1. The molecule has 1 heterocycles. The van der Waals surface area contributed by atoms with Crippen LogP contribution in [0.4, 0.5) is 0 Å². The van der Waals surface area contributed by atoms with Gasteiger partial charge in [-0.15, -0.1) is 0 Å². The lowest BCUT2D eigenvalue weighted by molar-refractivity contribution is -0.139. The summed E-state index contributed by atoms with van der Waals surface area (Å²) < 4.78 is 1.86. The molecule has 140 valence electrons. The SMILES string of the molecule is CNC(=O)C(CC(=O)O)c1ccn(-c2ccc(-c3ccc(C#N)cc3)cc2)c1. The van der Waals surface area contributed by atoms with Crippen molar-refractivity contribution >= 4 is 11.9 Å². The van der Waals surface area contributed by atoms with Crippen LogP contribution in [0.3, 0.4) is 0 Å². The van der Waals surface area contributed by atoms with Crippen molar-refractivity contribution in [3.63, 3.8) is 0 Å². The summed E-state index contributed by atoms with van der Waals surface area (Å²) in [6.07, 6.45) is 3.32. The summed E-state index contributed by atoms with van der Waals surface area (Å²) in [5.74, 6) is -2.08. The van der Waals surface area contributed by atoms with Gasteiger partial charge in [0.05, 0.1) is 24.0 Å². The van der Waals surface area contributed by atoms with Crippen LogP contribution in [0, 0.1) is 11.3 Å². The highest BCUT2D eigenvalue weighted by Gasteiger charge is 2.23. The molecule has 6 nitrogen and oxygen atoms in total. The zero-order valence-corrected chi connectivity index (χ0v) is 15.3. The van der Waals surface area contributed by atoms with E-state index in [0.29, 0.717) is 11.1 Å². The van der Waals surface area contributed by atoms with E-state index in [1.54, 1.807) is 24.4 Å². The first-order valence-electron chi connectivity index (χ1n) is 8.74. The van der Waals surface area contributed by atoms with Gasteiger partial charge in [0.25, 0.3) is 0 Å². The number of likely N-dealkylation sites (N-methyl/N-ethyl adjacent to an activating group) is 1. The summed E-state index contributed by atoms with van der Waals surface area (Å²) >= 11 is 0. The Morgan fingerprint density at radius 2 is 1.68 bits per heavy atom. The van der Waals surface area contributed by atoms with Crippen LogP contribution in [0.25, 0.3) is 16.8 Å².